The van der Waals surface area contributed by atoms with E-state index in [1.807, 2.05) is 0 Å². The van der Waals surface area contributed by atoms with Gasteiger partial charge in [-0.1, -0.05) is 13.3 Å². The van der Waals surface area contributed by atoms with E-state index in [1.165, 1.54) is 25.7 Å². The van der Waals surface area contributed by atoms with E-state index in [4.69, 9.17) is 0 Å². The van der Waals surface area contributed by atoms with Crippen molar-refractivity contribution < 1.29 is 9.59 Å². The largest absolute Gasteiger partial charge is 0.335 e. The highest BCUT2D eigenvalue weighted by Crippen LogP contribution is 2.49. The fourth-order valence-electron chi connectivity index (χ4n) is 4.85. The number of urea groups is 1. The number of nitrogens with zero attached hydrogens (tertiary/aromatic N) is 1. The number of carbonyl (C=O) groups excluding carboxylic acids is 2. The van der Waals surface area contributed by atoms with Crippen LogP contribution in [0.3, 0.4) is 0 Å². The first kappa shape index (κ1) is 16.7. The number of hydrogen-bond acceptors (Lipinski definition) is 3. The minimum atomic E-state index is -0.323. The number of amides is 3. The van der Waals surface area contributed by atoms with Crippen LogP contribution in [0.25, 0.3) is 0 Å². The summed E-state index contributed by atoms with van der Waals surface area (Å²) in [7, 11) is 0. The molecular formula is C18H31N3O2. The quantitative estimate of drug-likeness (QED) is 0.835. The van der Waals surface area contributed by atoms with E-state index in [-0.39, 0.29) is 18.0 Å². The summed E-state index contributed by atoms with van der Waals surface area (Å²) in [5, 5.41) is 5.50. The highest BCUT2D eigenvalue weighted by atomic mass is 16.2. The highest BCUT2D eigenvalue weighted by Gasteiger charge is 2.42. The number of rotatable bonds is 4. The fraction of sp³-hybridized carbons (Fsp3) is 0.889. The Morgan fingerprint density at radius 1 is 1.13 bits per heavy atom. The van der Waals surface area contributed by atoms with Crippen LogP contribution in [0.15, 0.2) is 0 Å². The lowest BCUT2D eigenvalue weighted by Gasteiger charge is -2.30. The first-order valence-corrected chi connectivity index (χ1v) is 9.34. The average molecular weight is 321 g/mol. The molecule has 5 nitrogen and oxygen atoms in total. The summed E-state index contributed by atoms with van der Waals surface area (Å²) < 4.78 is 0. The van der Waals surface area contributed by atoms with Gasteiger partial charge in [0.05, 0.1) is 6.54 Å². The molecule has 130 valence electrons. The summed E-state index contributed by atoms with van der Waals surface area (Å²) in [6.45, 7) is 6.58. The molecule has 2 aliphatic carbocycles. The molecule has 2 bridgehead atoms. The Kier molecular flexibility index (Phi) is 5.24. The summed E-state index contributed by atoms with van der Waals surface area (Å²) in [4.78, 5) is 26.2. The van der Waals surface area contributed by atoms with E-state index in [9.17, 15) is 9.59 Å². The molecule has 1 saturated heterocycles. The number of hydrogen-bond donors (Lipinski definition) is 2. The van der Waals surface area contributed by atoms with Gasteiger partial charge in [0.1, 0.15) is 0 Å². The van der Waals surface area contributed by atoms with Crippen LogP contribution in [0, 0.1) is 23.7 Å². The average Bonchev–Trinajstić information content (AvgIpc) is 3.12. The molecule has 0 radical (unpaired) electrons. The van der Waals surface area contributed by atoms with Crippen LogP contribution in [0.5, 0.6) is 0 Å². The van der Waals surface area contributed by atoms with Crippen LogP contribution in [-0.2, 0) is 4.79 Å². The molecule has 3 aliphatic rings. The summed E-state index contributed by atoms with van der Waals surface area (Å²) in [5.74, 6) is 2.82. The van der Waals surface area contributed by atoms with Crippen LogP contribution < -0.4 is 10.6 Å². The Balaban J connectivity index is 1.37. The SMILES string of the molecule is CC1CCN(CC(=O)NC(=O)NC(C)C2CC3CCC2C3)CC1. The molecule has 2 saturated carbocycles. The number of carbonyl (C=O) groups is 2. The topological polar surface area (TPSA) is 61.4 Å². The van der Waals surface area contributed by atoms with E-state index < -0.39 is 0 Å². The lowest BCUT2D eigenvalue weighted by molar-refractivity contribution is -0.121. The number of imide groups is 1. The van der Waals surface area contributed by atoms with E-state index in [1.54, 1.807) is 0 Å². The maximum Gasteiger partial charge on any atom is 0.321 e. The predicted octanol–water partition coefficient (Wildman–Crippen LogP) is 2.37. The van der Waals surface area contributed by atoms with Gasteiger partial charge >= 0.3 is 6.03 Å². The van der Waals surface area contributed by atoms with E-state index in [0.717, 1.165) is 43.7 Å². The van der Waals surface area contributed by atoms with Crippen molar-refractivity contribution in [1.82, 2.24) is 15.5 Å². The molecule has 0 aromatic carbocycles. The van der Waals surface area contributed by atoms with Crippen molar-refractivity contribution in [2.75, 3.05) is 19.6 Å². The first-order chi connectivity index (χ1) is 11.0. The lowest BCUT2D eigenvalue weighted by Crippen LogP contribution is -2.50. The van der Waals surface area contributed by atoms with Crippen molar-refractivity contribution in [1.29, 1.82) is 0 Å². The highest BCUT2D eigenvalue weighted by molar-refractivity contribution is 5.95. The van der Waals surface area contributed by atoms with Gasteiger partial charge < -0.3 is 5.32 Å². The third kappa shape index (κ3) is 4.25. The Morgan fingerprint density at radius 2 is 1.87 bits per heavy atom. The molecule has 1 heterocycles. The second-order valence-corrected chi connectivity index (χ2v) is 8.11. The van der Waals surface area contributed by atoms with Gasteiger partial charge in [-0.15, -0.1) is 0 Å². The summed E-state index contributed by atoms with van der Waals surface area (Å²) in [5.41, 5.74) is 0. The van der Waals surface area contributed by atoms with Crippen LogP contribution in [0.4, 0.5) is 4.79 Å². The number of fused-ring (bicyclic) bond motifs is 2. The van der Waals surface area contributed by atoms with Crippen molar-refractivity contribution >= 4 is 11.9 Å². The molecule has 4 unspecified atom stereocenters. The summed E-state index contributed by atoms with van der Waals surface area (Å²) in [6, 6.07) is -0.162. The molecule has 3 amide bonds. The zero-order valence-corrected chi connectivity index (χ0v) is 14.5. The van der Waals surface area contributed by atoms with Gasteiger partial charge in [-0.25, -0.2) is 4.79 Å². The zero-order valence-electron chi connectivity index (χ0n) is 14.5. The number of likely N-dealkylation sites (tertiary alicyclic amines) is 1. The molecule has 3 fully saturated rings. The van der Waals surface area contributed by atoms with Crippen LogP contribution in [-0.4, -0.2) is 42.5 Å². The van der Waals surface area contributed by atoms with Gasteiger partial charge in [-0.2, -0.15) is 0 Å². The number of piperidine rings is 1. The third-order valence-corrected chi connectivity index (χ3v) is 6.29. The zero-order chi connectivity index (χ0) is 16.4. The summed E-state index contributed by atoms with van der Waals surface area (Å²) in [6.07, 6.45) is 7.54. The van der Waals surface area contributed by atoms with Crippen LogP contribution >= 0.6 is 0 Å². The van der Waals surface area contributed by atoms with Gasteiger partial charge in [0.25, 0.3) is 0 Å². The van der Waals surface area contributed by atoms with Gasteiger partial charge in [-0.05, 0) is 75.8 Å². The number of nitrogens with one attached hydrogen (secondary N) is 2. The fourth-order valence-corrected chi connectivity index (χ4v) is 4.85. The van der Waals surface area contributed by atoms with Crippen LogP contribution in [0.1, 0.15) is 52.4 Å². The van der Waals surface area contributed by atoms with E-state index in [0.29, 0.717) is 12.5 Å². The molecule has 23 heavy (non-hydrogen) atoms. The maximum absolute atomic E-state index is 12.1. The monoisotopic (exact) mass is 321 g/mol. The van der Waals surface area contributed by atoms with E-state index in [2.05, 4.69) is 29.4 Å². The Labute approximate surface area is 139 Å². The normalized spacial score (nSPS) is 32.7. The van der Waals surface area contributed by atoms with Crippen molar-refractivity contribution in [2.24, 2.45) is 23.7 Å². The standard InChI is InChI=1S/C18H31N3O2/c1-12-5-7-21(8-6-12)11-17(22)20-18(23)19-13(2)16-10-14-3-4-15(16)9-14/h12-16H,3-11H2,1-2H3,(H2,19,20,22,23). The molecule has 2 N–H and O–H groups in total. The Hall–Kier alpha value is -1.10. The maximum atomic E-state index is 12.1. The van der Waals surface area contributed by atoms with Gasteiger partial charge in [0.15, 0.2) is 0 Å². The first-order valence-electron chi connectivity index (χ1n) is 9.34. The van der Waals surface area contributed by atoms with Gasteiger partial charge in [0, 0.05) is 6.04 Å². The molecule has 1 aliphatic heterocycles. The Bertz CT molecular complexity index is 446. The minimum Gasteiger partial charge on any atom is -0.335 e. The minimum absolute atomic E-state index is 0.161. The second kappa shape index (κ2) is 7.20. The van der Waals surface area contributed by atoms with Crippen LogP contribution in [0.2, 0.25) is 0 Å². The van der Waals surface area contributed by atoms with Crippen molar-refractivity contribution in [3.05, 3.63) is 0 Å². The molecule has 0 aromatic heterocycles. The summed E-state index contributed by atoms with van der Waals surface area (Å²) >= 11 is 0. The predicted molar refractivity (Wildman–Crippen MR) is 89.9 cm³/mol. The molecule has 0 spiro atoms. The molecule has 3 rings (SSSR count). The molecular weight excluding hydrogens is 290 g/mol. The smallest absolute Gasteiger partial charge is 0.321 e. The molecule has 5 heteroatoms. The van der Waals surface area contributed by atoms with Gasteiger partial charge in [-0.3, -0.25) is 15.0 Å². The Morgan fingerprint density at radius 3 is 2.48 bits per heavy atom. The third-order valence-electron chi connectivity index (χ3n) is 6.29. The lowest BCUT2D eigenvalue weighted by atomic mass is 9.84. The molecule has 4 atom stereocenters. The van der Waals surface area contributed by atoms with E-state index >= 15 is 0 Å². The van der Waals surface area contributed by atoms with Gasteiger partial charge in [0.2, 0.25) is 5.91 Å². The molecule has 0 aromatic rings. The second-order valence-electron chi connectivity index (χ2n) is 8.11. The van der Waals surface area contributed by atoms with Crippen molar-refractivity contribution in [3.8, 4) is 0 Å². The van der Waals surface area contributed by atoms with Crippen molar-refractivity contribution in [2.45, 2.75) is 58.4 Å². The van der Waals surface area contributed by atoms with Crippen molar-refractivity contribution in [3.63, 3.8) is 0 Å².